The van der Waals surface area contributed by atoms with E-state index in [2.05, 4.69) is 51.3 Å². The number of nitrogens with zero attached hydrogens (tertiary/aromatic N) is 5. The molecule has 0 aliphatic carbocycles. The Hall–Kier alpha value is -3.87. The Bertz CT molecular complexity index is 1110. The zero-order chi connectivity index (χ0) is 24.9. The summed E-state index contributed by atoms with van der Waals surface area (Å²) in [5, 5.41) is 17.3. The number of azo groups is 2. The molecule has 0 spiro atoms. The third kappa shape index (κ3) is 8.45. The third-order valence-corrected chi connectivity index (χ3v) is 5.40. The molecular formula is C28H33N5O2. The van der Waals surface area contributed by atoms with Gasteiger partial charge in [-0.1, -0.05) is 32.4 Å². The standard InChI is InChI=1S/C28H33N5O2/c1-4-7-22-8-10-23(11-9-22)29-30-24-12-14-25(15-13-24)31-32-26-16-18-27(19-17-26)33(6-3)20-21-35-28(34)5-2/h8-19H,4-7,20-21H2,1-3H3. The van der Waals surface area contributed by atoms with E-state index < -0.39 is 0 Å². The van der Waals surface area contributed by atoms with Crippen molar-refractivity contribution in [3.05, 3.63) is 78.4 Å². The molecule has 3 aromatic rings. The molecule has 7 heteroatoms. The average molecular weight is 472 g/mol. The highest BCUT2D eigenvalue weighted by molar-refractivity contribution is 5.68. The maximum absolute atomic E-state index is 11.3. The summed E-state index contributed by atoms with van der Waals surface area (Å²) >= 11 is 0. The van der Waals surface area contributed by atoms with Crippen LogP contribution in [0.25, 0.3) is 0 Å². The predicted octanol–water partition coefficient (Wildman–Crippen LogP) is 8.25. The van der Waals surface area contributed by atoms with Crippen LogP contribution in [0.5, 0.6) is 0 Å². The summed E-state index contributed by atoms with van der Waals surface area (Å²) < 4.78 is 5.19. The molecule has 0 bridgehead atoms. The summed E-state index contributed by atoms with van der Waals surface area (Å²) in [6.45, 7) is 7.88. The number of esters is 1. The van der Waals surface area contributed by atoms with E-state index in [0.717, 1.165) is 47.8 Å². The van der Waals surface area contributed by atoms with Crippen molar-refractivity contribution >= 4 is 34.4 Å². The molecule has 0 N–H and O–H groups in total. The lowest BCUT2D eigenvalue weighted by Gasteiger charge is -2.22. The Labute approximate surface area is 207 Å². The summed E-state index contributed by atoms with van der Waals surface area (Å²) in [5.41, 5.74) is 5.46. The maximum atomic E-state index is 11.3. The van der Waals surface area contributed by atoms with E-state index in [1.165, 1.54) is 5.56 Å². The van der Waals surface area contributed by atoms with Gasteiger partial charge in [0, 0.05) is 18.7 Å². The largest absolute Gasteiger partial charge is 0.464 e. The molecule has 0 radical (unpaired) electrons. The quantitative estimate of drug-likeness (QED) is 0.197. The van der Waals surface area contributed by atoms with Gasteiger partial charge in [-0.05, 0) is 79.6 Å². The molecule has 7 nitrogen and oxygen atoms in total. The highest BCUT2D eigenvalue weighted by atomic mass is 16.5. The van der Waals surface area contributed by atoms with Gasteiger partial charge in [0.05, 0.1) is 29.3 Å². The molecule has 0 atom stereocenters. The van der Waals surface area contributed by atoms with E-state index in [1.54, 1.807) is 6.92 Å². The van der Waals surface area contributed by atoms with E-state index in [0.29, 0.717) is 19.6 Å². The highest BCUT2D eigenvalue weighted by Crippen LogP contribution is 2.25. The first kappa shape index (κ1) is 25.7. The van der Waals surface area contributed by atoms with Crippen LogP contribution in [0.1, 0.15) is 39.2 Å². The molecule has 0 unspecified atom stereocenters. The lowest BCUT2D eigenvalue weighted by atomic mass is 10.1. The van der Waals surface area contributed by atoms with Gasteiger partial charge in [-0.2, -0.15) is 20.5 Å². The SMILES string of the molecule is CCCc1ccc(N=Nc2ccc(N=Nc3ccc(N(CC)CCOC(=O)CC)cc3)cc2)cc1. The van der Waals surface area contributed by atoms with Crippen LogP contribution in [0.4, 0.5) is 28.4 Å². The molecule has 0 fully saturated rings. The molecule has 0 aromatic heterocycles. The minimum atomic E-state index is -0.176. The minimum Gasteiger partial charge on any atom is -0.464 e. The number of carbonyl (C=O) groups is 1. The Balaban J connectivity index is 1.54. The van der Waals surface area contributed by atoms with Crippen LogP contribution in [-0.2, 0) is 16.0 Å². The normalized spacial score (nSPS) is 11.3. The Morgan fingerprint density at radius 1 is 0.714 bits per heavy atom. The summed E-state index contributed by atoms with van der Waals surface area (Å²) in [6.07, 6.45) is 2.60. The Kier molecular flexibility index (Phi) is 10.1. The summed E-state index contributed by atoms with van der Waals surface area (Å²) in [6, 6.07) is 23.5. The lowest BCUT2D eigenvalue weighted by Crippen LogP contribution is -2.27. The average Bonchev–Trinajstić information content (AvgIpc) is 2.90. The van der Waals surface area contributed by atoms with Crippen molar-refractivity contribution in [2.24, 2.45) is 20.5 Å². The summed E-state index contributed by atoms with van der Waals surface area (Å²) in [5.74, 6) is -0.176. The van der Waals surface area contributed by atoms with Crippen LogP contribution >= 0.6 is 0 Å². The van der Waals surface area contributed by atoms with Crippen LogP contribution < -0.4 is 4.90 Å². The predicted molar refractivity (Wildman–Crippen MR) is 141 cm³/mol. The highest BCUT2D eigenvalue weighted by Gasteiger charge is 2.06. The summed E-state index contributed by atoms with van der Waals surface area (Å²) in [4.78, 5) is 13.5. The second kappa shape index (κ2) is 13.7. The van der Waals surface area contributed by atoms with Crippen LogP contribution in [0.3, 0.4) is 0 Å². The molecule has 0 aliphatic heterocycles. The number of likely N-dealkylation sites (N-methyl/N-ethyl adjacent to an activating group) is 1. The zero-order valence-electron chi connectivity index (χ0n) is 20.7. The van der Waals surface area contributed by atoms with Gasteiger partial charge < -0.3 is 9.64 Å². The summed E-state index contributed by atoms with van der Waals surface area (Å²) in [7, 11) is 0. The van der Waals surface area contributed by atoms with Crippen molar-refractivity contribution in [1.29, 1.82) is 0 Å². The van der Waals surface area contributed by atoms with Gasteiger partial charge in [0.25, 0.3) is 0 Å². The van der Waals surface area contributed by atoms with Gasteiger partial charge in [0.1, 0.15) is 6.61 Å². The number of hydrogen-bond acceptors (Lipinski definition) is 7. The maximum Gasteiger partial charge on any atom is 0.305 e. The fourth-order valence-electron chi connectivity index (χ4n) is 3.41. The van der Waals surface area contributed by atoms with Crippen LogP contribution in [-0.4, -0.2) is 25.7 Å². The molecule has 182 valence electrons. The number of rotatable bonds is 12. The number of anilines is 1. The monoisotopic (exact) mass is 471 g/mol. The first-order valence-corrected chi connectivity index (χ1v) is 12.1. The number of benzene rings is 3. The van der Waals surface area contributed by atoms with Gasteiger partial charge >= 0.3 is 5.97 Å². The Morgan fingerprint density at radius 3 is 1.60 bits per heavy atom. The first-order chi connectivity index (χ1) is 17.1. The van der Waals surface area contributed by atoms with Crippen LogP contribution in [0.15, 0.2) is 93.3 Å². The van der Waals surface area contributed by atoms with Crippen molar-refractivity contribution < 1.29 is 9.53 Å². The molecule has 3 aromatic carbocycles. The van der Waals surface area contributed by atoms with Gasteiger partial charge in [0.2, 0.25) is 0 Å². The third-order valence-electron chi connectivity index (χ3n) is 5.40. The van der Waals surface area contributed by atoms with Crippen molar-refractivity contribution in [2.45, 2.75) is 40.0 Å². The van der Waals surface area contributed by atoms with Gasteiger partial charge in [-0.25, -0.2) is 0 Å². The lowest BCUT2D eigenvalue weighted by molar-refractivity contribution is -0.142. The van der Waals surface area contributed by atoms with Crippen molar-refractivity contribution in [1.82, 2.24) is 0 Å². The number of carbonyl (C=O) groups excluding carboxylic acids is 1. The molecular weight excluding hydrogens is 438 g/mol. The molecule has 0 amide bonds. The number of ether oxygens (including phenoxy) is 1. The number of aryl methyl sites for hydroxylation is 1. The zero-order valence-corrected chi connectivity index (χ0v) is 20.7. The second-order valence-electron chi connectivity index (χ2n) is 8.00. The van der Waals surface area contributed by atoms with E-state index in [4.69, 9.17) is 4.74 Å². The molecule has 0 saturated heterocycles. The van der Waals surface area contributed by atoms with Crippen molar-refractivity contribution in [3.8, 4) is 0 Å². The van der Waals surface area contributed by atoms with Crippen molar-refractivity contribution in [3.63, 3.8) is 0 Å². The fraction of sp³-hybridized carbons (Fsp3) is 0.321. The van der Waals surface area contributed by atoms with Crippen molar-refractivity contribution in [2.75, 3.05) is 24.6 Å². The van der Waals surface area contributed by atoms with Gasteiger partial charge in [-0.3, -0.25) is 4.79 Å². The molecule has 3 rings (SSSR count). The van der Waals surface area contributed by atoms with E-state index in [-0.39, 0.29) is 5.97 Å². The first-order valence-electron chi connectivity index (χ1n) is 12.1. The molecule has 0 heterocycles. The van der Waals surface area contributed by atoms with Crippen LogP contribution in [0.2, 0.25) is 0 Å². The molecule has 0 saturated carbocycles. The fourth-order valence-corrected chi connectivity index (χ4v) is 3.41. The van der Waals surface area contributed by atoms with Gasteiger partial charge in [-0.15, -0.1) is 0 Å². The Morgan fingerprint density at radius 2 is 1.17 bits per heavy atom. The molecule has 0 aliphatic rings. The minimum absolute atomic E-state index is 0.176. The second-order valence-corrected chi connectivity index (χ2v) is 8.00. The van der Waals surface area contributed by atoms with Crippen LogP contribution in [0, 0.1) is 0 Å². The number of hydrogen-bond donors (Lipinski definition) is 0. The molecule has 35 heavy (non-hydrogen) atoms. The van der Waals surface area contributed by atoms with Gasteiger partial charge in [0.15, 0.2) is 0 Å². The van der Waals surface area contributed by atoms with E-state index >= 15 is 0 Å². The van der Waals surface area contributed by atoms with E-state index in [1.807, 2.05) is 60.7 Å². The smallest absolute Gasteiger partial charge is 0.305 e. The van der Waals surface area contributed by atoms with E-state index in [9.17, 15) is 4.79 Å². The topological polar surface area (TPSA) is 79.0 Å².